The maximum atomic E-state index is 11.4. The standard InChI is InChI=1S/C5H6FN.C2H6.CH3.6Rb.H/c6-5-7-3-1-2-4-7;1-2;;;;;;;;/h1-5,7H;1-2H3;1H3;;;;;;;/q;;-1;6*+1;-1. The number of allylic oxidation sites excluding steroid dienone is 2. The molecule has 1 heterocycles. The van der Waals surface area contributed by atoms with Gasteiger partial charge in [-0.1, -0.05) is 13.8 Å². The van der Waals surface area contributed by atoms with E-state index in [1.54, 1.807) is 24.6 Å². The van der Waals surface area contributed by atoms with Crippen molar-refractivity contribution in [3.63, 3.8) is 0 Å². The van der Waals surface area contributed by atoms with Crippen LogP contribution in [-0.2, 0) is 0 Å². The van der Waals surface area contributed by atoms with Crippen molar-refractivity contribution in [2.24, 2.45) is 0 Å². The van der Waals surface area contributed by atoms with Crippen LogP contribution in [-0.4, -0.2) is 0 Å². The minimum absolute atomic E-state index is 0. The Hall–Kier alpha value is 10.2. The van der Waals surface area contributed by atoms with Crippen LogP contribution in [0.25, 0.3) is 0 Å². The first kappa shape index (κ1) is 50.2. The van der Waals surface area contributed by atoms with E-state index in [2.05, 4.69) is 0 Å². The zero-order valence-electron chi connectivity index (χ0n) is 13.8. The van der Waals surface area contributed by atoms with E-state index in [1.807, 2.05) is 13.8 Å². The van der Waals surface area contributed by atoms with E-state index in [0.717, 1.165) is 0 Å². The Morgan fingerprint density at radius 2 is 1.12 bits per heavy atom. The number of rotatable bonds is 1. The van der Waals surface area contributed by atoms with Crippen LogP contribution in [0.4, 0.5) is 4.39 Å². The summed E-state index contributed by atoms with van der Waals surface area (Å²) in [5.74, 6) is 0. The molecule has 1 aliphatic rings. The fourth-order valence-electron chi connectivity index (χ4n) is 0.462. The SMILES string of the molecule is CC.F[CH-][NH+]1C=CC=C1.[CH3-].[H-].[Rb+].[Rb+].[Rb+].[Rb+].[Rb+].[Rb+]. The summed E-state index contributed by atoms with van der Waals surface area (Å²) in [5, 5.41) is 0. The molecule has 1 rings (SSSR count). The summed E-state index contributed by atoms with van der Waals surface area (Å²) in [4.78, 5) is 0.639. The zero-order chi connectivity index (χ0) is 7.11. The molecule has 0 aliphatic carbocycles. The quantitative estimate of drug-likeness (QED) is 0.211. The Labute approximate surface area is 396 Å². The van der Waals surface area contributed by atoms with Crippen LogP contribution in [0, 0.1) is 14.2 Å². The summed E-state index contributed by atoms with van der Waals surface area (Å²) < 4.78 is 11.4. The van der Waals surface area contributed by atoms with Gasteiger partial charge in [-0.15, -0.1) is 0 Å². The van der Waals surface area contributed by atoms with Crippen LogP contribution in [0.5, 0.6) is 0 Å². The summed E-state index contributed by atoms with van der Waals surface area (Å²) >= 11 is 0. The van der Waals surface area contributed by atoms with Gasteiger partial charge in [-0.05, 0) is 12.2 Å². The normalized spacial score (nSPS) is 8.69. The smallest absolute Gasteiger partial charge is 1.00 e. The van der Waals surface area contributed by atoms with Gasteiger partial charge in [-0.25, -0.2) is 0 Å². The molecule has 0 saturated heterocycles. The molecule has 0 atom stereocenters. The van der Waals surface area contributed by atoms with Crippen molar-refractivity contribution < 1.29 is 360 Å². The predicted molar refractivity (Wildman–Crippen MR) is 43.5 cm³/mol. The third kappa shape index (κ3) is 35.3. The maximum absolute atomic E-state index is 11.4. The summed E-state index contributed by atoms with van der Waals surface area (Å²) in [5.41, 5.74) is 0. The molecule has 62 valence electrons. The second kappa shape index (κ2) is 44.6. The summed E-state index contributed by atoms with van der Waals surface area (Å²) in [6.45, 7) is 4.58. The maximum Gasteiger partial charge on any atom is 1.00 e. The summed E-state index contributed by atoms with van der Waals surface area (Å²) in [7, 11) is 0. The molecule has 0 aromatic heterocycles. The van der Waals surface area contributed by atoms with Crippen LogP contribution >= 0.6 is 0 Å². The fourth-order valence-corrected chi connectivity index (χ4v) is 0.462. The summed E-state index contributed by atoms with van der Waals surface area (Å²) in [6, 6.07) is 0. The van der Waals surface area contributed by atoms with Crippen molar-refractivity contribution >= 4 is 0 Å². The van der Waals surface area contributed by atoms with Crippen LogP contribution < -0.4 is 354 Å². The first-order valence-electron chi connectivity index (χ1n) is 3.08. The molecule has 0 radical (unpaired) electrons. The average molecular weight is 658 g/mol. The van der Waals surface area contributed by atoms with Crippen molar-refractivity contribution in [2.75, 3.05) is 0 Å². The number of hydrogen-bond donors (Lipinski definition) is 1. The third-order valence-electron chi connectivity index (χ3n) is 0.814. The number of quaternary nitrogens is 1. The Morgan fingerprint density at radius 3 is 1.25 bits per heavy atom. The number of halogens is 1. The number of hydrogen-bond acceptors (Lipinski definition) is 0. The molecule has 0 aromatic rings. The Kier molecular flexibility index (Phi) is 140. The molecule has 16 heavy (non-hydrogen) atoms. The average Bonchev–Trinajstić information content (AvgIpc) is 2.43. The number of nitrogens with one attached hydrogen (secondary N) is 1. The first-order valence-corrected chi connectivity index (χ1v) is 3.08. The minimum atomic E-state index is 0. The molecular formula is C8H16FNRb6+4. The molecule has 0 saturated carbocycles. The Bertz CT molecular complexity index is 117. The predicted octanol–water partition coefficient (Wildman–Crippen LogP) is -16.4. The van der Waals surface area contributed by atoms with Crippen LogP contribution in [0.3, 0.4) is 0 Å². The molecule has 1 aliphatic heterocycles. The molecule has 0 unspecified atom stereocenters. The van der Waals surface area contributed by atoms with E-state index in [0.29, 0.717) is 11.7 Å². The van der Waals surface area contributed by atoms with E-state index < -0.39 is 0 Å². The Balaban J connectivity index is -0.00000000876. The molecule has 0 fully saturated rings. The molecule has 1 N–H and O–H groups in total. The van der Waals surface area contributed by atoms with Gasteiger partial charge in [0.1, 0.15) is 0 Å². The minimum Gasteiger partial charge on any atom is -1.00 e. The van der Waals surface area contributed by atoms with Crippen LogP contribution in [0.15, 0.2) is 24.6 Å². The summed E-state index contributed by atoms with van der Waals surface area (Å²) in [6.07, 6.45) is 7.01. The van der Waals surface area contributed by atoms with Crippen molar-refractivity contribution in [2.45, 2.75) is 13.8 Å². The van der Waals surface area contributed by atoms with E-state index in [1.165, 1.54) is 0 Å². The van der Waals surface area contributed by atoms with Gasteiger partial charge >= 0.3 is 349 Å². The van der Waals surface area contributed by atoms with E-state index in [4.69, 9.17) is 0 Å². The van der Waals surface area contributed by atoms with Gasteiger partial charge in [0.25, 0.3) is 0 Å². The van der Waals surface area contributed by atoms with E-state index in [9.17, 15) is 4.39 Å². The second-order valence-electron chi connectivity index (χ2n) is 1.33. The first-order chi connectivity index (χ1) is 4.43. The Morgan fingerprint density at radius 1 is 0.875 bits per heavy atom. The van der Waals surface area contributed by atoms with Crippen molar-refractivity contribution in [1.82, 2.24) is 0 Å². The molecule has 0 bridgehead atoms. The van der Waals surface area contributed by atoms with E-state index >= 15 is 0 Å². The molecule has 0 amide bonds. The van der Waals surface area contributed by atoms with Crippen molar-refractivity contribution in [3.8, 4) is 0 Å². The van der Waals surface area contributed by atoms with Crippen LogP contribution in [0.1, 0.15) is 15.3 Å². The largest absolute Gasteiger partial charge is 1.00 e. The molecule has 1 nitrogen and oxygen atoms in total. The van der Waals surface area contributed by atoms with Crippen molar-refractivity contribution in [1.29, 1.82) is 0 Å². The topological polar surface area (TPSA) is 4.44 Å². The molecule has 0 spiro atoms. The zero-order valence-corrected chi connectivity index (χ0v) is 42.3. The fraction of sp³-hybridized carbons (Fsp3) is 0.250. The van der Waals surface area contributed by atoms with Gasteiger partial charge < -0.3 is 18.1 Å². The van der Waals surface area contributed by atoms with Gasteiger partial charge in [0.2, 0.25) is 0 Å². The van der Waals surface area contributed by atoms with Crippen LogP contribution in [0.2, 0.25) is 0 Å². The molecule has 0 aromatic carbocycles. The van der Waals surface area contributed by atoms with Gasteiger partial charge in [0.15, 0.2) is 0 Å². The van der Waals surface area contributed by atoms with Gasteiger partial charge in [-0.2, -0.15) is 0 Å². The molecular weight excluding hydrogens is 642 g/mol. The van der Waals surface area contributed by atoms with Gasteiger partial charge in [0.05, 0.1) is 12.4 Å². The third-order valence-corrected chi connectivity index (χ3v) is 0.814. The van der Waals surface area contributed by atoms with Crippen molar-refractivity contribution in [3.05, 3.63) is 38.8 Å². The van der Waals surface area contributed by atoms with Gasteiger partial charge in [-0.3, -0.25) is 0 Å². The molecule has 8 heteroatoms. The second-order valence-corrected chi connectivity index (χ2v) is 1.33. The van der Waals surface area contributed by atoms with Gasteiger partial charge in [0, 0.05) is 6.80 Å². The van der Waals surface area contributed by atoms with E-state index in [-0.39, 0.29) is 358 Å². The monoisotopic (exact) mass is 655 g/mol.